The Morgan fingerprint density at radius 3 is 2.73 bits per heavy atom. The summed E-state index contributed by atoms with van der Waals surface area (Å²) in [5.74, 6) is 0. The van der Waals surface area contributed by atoms with E-state index in [1.165, 1.54) is 12.4 Å². The Morgan fingerprint density at radius 2 is 2.27 bits per heavy atom. The Labute approximate surface area is 92.3 Å². The number of alkyl halides is 2. The van der Waals surface area contributed by atoms with Gasteiger partial charge < -0.3 is 5.73 Å². The van der Waals surface area contributed by atoms with Crippen molar-refractivity contribution in [1.29, 1.82) is 0 Å². The largest absolute Gasteiger partial charge is 0.388 e. The average Bonchev–Trinajstić information content (AvgIpc) is 2.74. The molecule has 0 unspecified atom stereocenters. The quantitative estimate of drug-likeness (QED) is 0.891. The maximum absolute atomic E-state index is 12.2. The van der Waals surface area contributed by atoms with Crippen LogP contribution in [0.3, 0.4) is 0 Å². The van der Waals surface area contributed by atoms with Gasteiger partial charge in [-0.05, 0) is 0 Å². The van der Waals surface area contributed by atoms with E-state index in [2.05, 4.69) is 10.1 Å². The molecule has 0 aromatic carbocycles. The van der Waals surface area contributed by atoms with Crippen molar-refractivity contribution in [3.8, 4) is 10.6 Å². The molecule has 0 aliphatic carbocycles. The fourth-order valence-electron chi connectivity index (χ4n) is 0.992. The first-order valence-corrected chi connectivity index (χ1v) is 5.02. The first kappa shape index (κ1) is 10.3. The van der Waals surface area contributed by atoms with Crippen LogP contribution in [0.15, 0.2) is 12.4 Å². The van der Waals surface area contributed by atoms with Crippen molar-refractivity contribution in [1.82, 2.24) is 14.8 Å². The number of nitrogen functional groups attached to an aromatic ring is 1. The zero-order valence-corrected chi connectivity index (χ0v) is 8.77. The summed E-state index contributed by atoms with van der Waals surface area (Å²) in [6.45, 7) is -2.66. The lowest BCUT2D eigenvalue weighted by Gasteiger charge is -1.94. The molecule has 0 amide bonds. The molecule has 80 valence electrons. The molecule has 0 radical (unpaired) electrons. The van der Waals surface area contributed by atoms with E-state index in [9.17, 15) is 8.78 Å². The third kappa shape index (κ3) is 1.93. The van der Waals surface area contributed by atoms with Gasteiger partial charge in [-0.25, -0.2) is 9.67 Å². The number of hydrogen-bond acceptors (Lipinski definition) is 4. The van der Waals surface area contributed by atoms with Crippen LogP contribution in [0.5, 0.6) is 0 Å². The predicted molar refractivity (Wildman–Crippen MR) is 54.0 cm³/mol. The number of aromatic nitrogens is 3. The standard InChI is InChI=1S/C7H5ClF2N4S/c8-4-5(11)15-6(13-4)3-1-12-14(2-3)7(9)10/h1-2,7H,11H2. The Bertz CT molecular complexity index is 462. The van der Waals surface area contributed by atoms with E-state index >= 15 is 0 Å². The number of anilines is 1. The zero-order valence-electron chi connectivity index (χ0n) is 7.19. The number of nitrogens with two attached hydrogens (primary N) is 1. The third-order valence-electron chi connectivity index (χ3n) is 1.66. The fraction of sp³-hybridized carbons (Fsp3) is 0.143. The van der Waals surface area contributed by atoms with Crippen molar-refractivity contribution in [3.63, 3.8) is 0 Å². The summed E-state index contributed by atoms with van der Waals surface area (Å²) in [5.41, 5.74) is 5.96. The van der Waals surface area contributed by atoms with Gasteiger partial charge in [0.15, 0.2) is 5.15 Å². The van der Waals surface area contributed by atoms with Gasteiger partial charge in [0.05, 0.1) is 6.20 Å². The molecular formula is C7H5ClF2N4S. The van der Waals surface area contributed by atoms with Crippen molar-refractivity contribution in [3.05, 3.63) is 17.5 Å². The molecule has 0 saturated heterocycles. The lowest BCUT2D eigenvalue weighted by atomic mass is 10.4. The second-order valence-electron chi connectivity index (χ2n) is 2.66. The van der Waals surface area contributed by atoms with E-state index in [0.29, 0.717) is 20.3 Å². The van der Waals surface area contributed by atoms with E-state index < -0.39 is 6.55 Å². The molecule has 0 aliphatic rings. The monoisotopic (exact) mass is 250 g/mol. The van der Waals surface area contributed by atoms with Gasteiger partial charge in [0.1, 0.15) is 10.0 Å². The second-order valence-corrected chi connectivity index (χ2v) is 4.05. The Balaban J connectivity index is 2.37. The van der Waals surface area contributed by atoms with Crippen LogP contribution in [0.1, 0.15) is 6.55 Å². The van der Waals surface area contributed by atoms with E-state index in [0.717, 1.165) is 11.3 Å². The van der Waals surface area contributed by atoms with E-state index in [1.54, 1.807) is 0 Å². The number of hydrogen-bond donors (Lipinski definition) is 1. The molecule has 4 nitrogen and oxygen atoms in total. The SMILES string of the molecule is Nc1sc(-c2cnn(C(F)F)c2)nc1Cl. The van der Waals surface area contributed by atoms with Crippen molar-refractivity contribution >= 4 is 27.9 Å². The van der Waals surface area contributed by atoms with Gasteiger partial charge in [-0.15, -0.1) is 0 Å². The molecule has 2 aromatic heterocycles. The Morgan fingerprint density at radius 1 is 1.53 bits per heavy atom. The smallest absolute Gasteiger partial charge is 0.333 e. The summed E-state index contributed by atoms with van der Waals surface area (Å²) in [6.07, 6.45) is 2.49. The van der Waals surface area contributed by atoms with Crippen molar-refractivity contribution in [2.24, 2.45) is 0 Å². The van der Waals surface area contributed by atoms with Gasteiger partial charge in [-0.2, -0.15) is 13.9 Å². The molecule has 0 fully saturated rings. The summed E-state index contributed by atoms with van der Waals surface area (Å²) in [4.78, 5) is 3.91. The van der Waals surface area contributed by atoms with E-state index in [-0.39, 0.29) is 5.15 Å². The number of halogens is 3. The van der Waals surface area contributed by atoms with Crippen molar-refractivity contribution < 1.29 is 8.78 Å². The highest BCUT2D eigenvalue weighted by atomic mass is 35.5. The maximum atomic E-state index is 12.2. The molecule has 2 N–H and O–H groups in total. The number of rotatable bonds is 2. The van der Waals surface area contributed by atoms with Crippen molar-refractivity contribution in [2.75, 3.05) is 5.73 Å². The molecule has 8 heteroatoms. The topological polar surface area (TPSA) is 56.7 Å². The second kappa shape index (κ2) is 3.74. The minimum absolute atomic E-state index is 0.180. The van der Waals surface area contributed by atoms with Gasteiger partial charge in [0.25, 0.3) is 0 Å². The molecule has 2 aromatic rings. The van der Waals surface area contributed by atoms with Crippen LogP contribution in [0.2, 0.25) is 5.15 Å². The first-order valence-electron chi connectivity index (χ1n) is 3.82. The van der Waals surface area contributed by atoms with Crippen LogP contribution in [0.25, 0.3) is 10.6 Å². The van der Waals surface area contributed by atoms with Crippen LogP contribution in [-0.4, -0.2) is 14.8 Å². The van der Waals surface area contributed by atoms with Crippen LogP contribution in [-0.2, 0) is 0 Å². The van der Waals surface area contributed by atoms with E-state index in [1.807, 2.05) is 0 Å². The van der Waals surface area contributed by atoms with Crippen LogP contribution >= 0.6 is 22.9 Å². The minimum atomic E-state index is -2.66. The van der Waals surface area contributed by atoms with Gasteiger partial charge in [-0.3, -0.25) is 0 Å². The Kier molecular flexibility index (Phi) is 2.57. The molecule has 0 bridgehead atoms. The molecule has 2 rings (SSSR count). The molecule has 0 atom stereocenters. The molecule has 0 saturated carbocycles. The van der Waals surface area contributed by atoms with Crippen LogP contribution < -0.4 is 5.73 Å². The highest BCUT2D eigenvalue weighted by Gasteiger charge is 2.13. The van der Waals surface area contributed by atoms with Crippen LogP contribution in [0.4, 0.5) is 13.8 Å². The summed E-state index contributed by atoms with van der Waals surface area (Å²) >= 11 is 6.78. The molecule has 2 heterocycles. The number of thiazole rings is 1. The summed E-state index contributed by atoms with van der Waals surface area (Å²) in [6, 6.07) is 0. The Hall–Kier alpha value is -1.21. The highest BCUT2D eigenvalue weighted by molar-refractivity contribution is 7.19. The summed E-state index contributed by atoms with van der Waals surface area (Å²) in [5, 5.41) is 4.49. The van der Waals surface area contributed by atoms with Gasteiger partial charge in [0, 0.05) is 11.8 Å². The third-order valence-corrected chi connectivity index (χ3v) is 2.99. The van der Waals surface area contributed by atoms with Gasteiger partial charge in [0.2, 0.25) is 0 Å². The van der Waals surface area contributed by atoms with Crippen molar-refractivity contribution in [2.45, 2.75) is 6.55 Å². The van der Waals surface area contributed by atoms with Gasteiger partial charge in [-0.1, -0.05) is 22.9 Å². The fourth-order valence-corrected chi connectivity index (χ4v) is 1.94. The number of nitrogens with zero attached hydrogens (tertiary/aromatic N) is 3. The first-order chi connectivity index (χ1) is 7.08. The summed E-state index contributed by atoms with van der Waals surface area (Å²) in [7, 11) is 0. The normalized spacial score (nSPS) is 11.2. The van der Waals surface area contributed by atoms with Gasteiger partial charge >= 0.3 is 6.55 Å². The molecule has 15 heavy (non-hydrogen) atoms. The highest BCUT2D eigenvalue weighted by Crippen LogP contribution is 2.32. The minimum Gasteiger partial charge on any atom is -0.388 e. The lowest BCUT2D eigenvalue weighted by molar-refractivity contribution is 0.0566. The lowest BCUT2D eigenvalue weighted by Crippen LogP contribution is -1.96. The average molecular weight is 251 g/mol. The van der Waals surface area contributed by atoms with Crippen LogP contribution in [0, 0.1) is 0 Å². The summed E-state index contributed by atoms with van der Waals surface area (Å²) < 4.78 is 25.0. The maximum Gasteiger partial charge on any atom is 0.333 e. The molecular weight excluding hydrogens is 246 g/mol. The molecule has 0 spiro atoms. The predicted octanol–water partition coefficient (Wildman–Crippen LogP) is 2.64. The van der Waals surface area contributed by atoms with E-state index in [4.69, 9.17) is 17.3 Å². The zero-order chi connectivity index (χ0) is 11.0. The molecule has 0 aliphatic heterocycles.